The molecular weight excluding hydrogens is 312 g/mol. The molecule has 1 saturated carbocycles. The Kier molecular flexibility index (Phi) is 11.8. The first kappa shape index (κ1) is 21.8. The SMILES string of the molecule is C=C(C)C(=O)SC1(CCCCCCCC)CCCCCCCCC1. The van der Waals surface area contributed by atoms with Crippen LogP contribution in [-0.2, 0) is 4.79 Å². The minimum atomic E-state index is 0.193. The maximum atomic E-state index is 12.4. The van der Waals surface area contributed by atoms with Crippen LogP contribution in [0.25, 0.3) is 0 Å². The molecule has 1 aliphatic carbocycles. The van der Waals surface area contributed by atoms with Gasteiger partial charge in [-0.15, -0.1) is 0 Å². The summed E-state index contributed by atoms with van der Waals surface area (Å²) in [5.41, 5.74) is 0.722. The summed E-state index contributed by atoms with van der Waals surface area (Å²) < 4.78 is 0.193. The zero-order valence-electron chi connectivity index (χ0n) is 16.3. The average molecular weight is 353 g/mol. The van der Waals surface area contributed by atoms with Crippen molar-refractivity contribution in [3.63, 3.8) is 0 Å². The molecule has 1 fully saturated rings. The van der Waals surface area contributed by atoms with Crippen LogP contribution < -0.4 is 0 Å². The van der Waals surface area contributed by atoms with Gasteiger partial charge in [0.15, 0.2) is 0 Å². The summed E-state index contributed by atoms with van der Waals surface area (Å²) in [6.45, 7) is 8.03. The molecule has 0 saturated heterocycles. The van der Waals surface area contributed by atoms with Crippen molar-refractivity contribution in [2.75, 3.05) is 0 Å². The molecule has 0 spiro atoms. The number of carbonyl (C=O) groups excluding carboxylic acids is 1. The molecule has 0 radical (unpaired) electrons. The number of carbonyl (C=O) groups is 1. The van der Waals surface area contributed by atoms with Gasteiger partial charge in [-0.2, -0.15) is 0 Å². The molecule has 1 aliphatic rings. The molecule has 0 bridgehead atoms. The molecule has 0 atom stereocenters. The average Bonchev–Trinajstić information content (AvgIpc) is 2.56. The number of rotatable bonds is 9. The van der Waals surface area contributed by atoms with Crippen LogP contribution in [0.1, 0.15) is 117 Å². The van der Waals surface area contributed by atoms with E-state index in [1.807, 2.05) is 6.92 Å². The Morgan fingerprint density at radius 1 is 0.875 bits per heavy atom. The lowest BCUT2D eigenvalue weighted by Gasteiger charge is -2.34. The van der Waals surface area contributed by atoms with Gasteiger partial charge < -0.3 is 0 Å². The van der Waals surface area contributed by atoms with E-state index in [0.717, 1.165) is 5.57 Å². The van der Waals surface area contributed by atoms with E-state index in [-0.39, 0.29) is 9.86 Å². The van der Waals surface area contributed by atoms with E-state index >= 15 is 0 Å². The van der Waals surface area contributed by atoms with Crippen molar-refractivity contribution in [1.29, 1.82) is 0 Å². The van der Waals surface area contributed by atoms with E-state index < -0.39 is 0 Å². The highest BCUT2D eigenvalue weighted by Gasteiger charge is 2.32. The molecule has 0 unspecified atom stereocenters. The van der Waals surface area contributed by atoms with Gasteiger partial charge in [0.2, 0.25) is 5.12 Å². The second-order valence-electron chi connectivity index (χ2n) is 7.85. The van der Waals surface area contributed by atoms with Crippen LogP contribution in [0.15, 0.2) is 12.2 Å². The summed E-state index contributed by atoms with van der Waals surface area (Å²) in [6, 6.07) is 0. The third-order valence-corrected chi connectivity index (χ3v) is 6.99. The van der Waals surface area contributed by atoms with Gasteiger partial charge in [0.25, 0.3) is 0 Å². The van der Waals surface area contributed by atoms with Crippen LogP contribution in [0.2, 0.25) is 0 Å². The summed E-state index contributed by atoms with van der Waals surface area (Å²) in [4.78, 5) is 12.4. The first-order valence-electron chi connectivity index (χ1n) is 10.5. The van der Waals surface area contributed by atoms with Gasteiger partial charge in [0, 0.05) is 4.75 Å². The quantitative estimate of drug-likeness (QED) is 0.310. The molecule has 0 aromatic carbocycles. The molecule has 1 nitrogen and oxygen atoms in total. The number of unbranched alkanes of at least 4 members (excludes halogenated alkanes) is 5. The number of thioether (sulfide) groups is 1. The van der Waals surface area contributed by atoms with E-state index in [4.69, 9.17) is 0 Å². The van der Waals surface area contributed by atoms with Gasteiger partial charge in [-0.3, -0.25) is 4.79 Å². The van der Waals surface area contributed by atoms with Gasteiger partial charge in [0.1, 0.15) is 0 Å². The highest BCUT2D eigenvalue weighted by molar-refractivity contribution is 8.15. The summed E-state index contributed by atoms with van der Waals surface area (Å²) in [6.07, 6.45) is 21.2. The van der Waals surface area contributed by atoms with E-state index in [9.17, 15) is 4.79 Å². The first-order chi connectivity index (χ1) is 11.6. The fourth-order valence-electron chi connectivity index (χ4n) is 3.82. The zero-order chi connectivity index (χ0) is 17.7. The molecule has 0 N–H and O–H groups in total. The topological polar surface area (TPSA) is 17.1 Å². The van der Waals surface area contributed by atoms with Gasteiger partial charge in [0.05, 0.1) is 0 Å². The van der Waals surface area contributed by atoms with Gasteiger partial charge in [-0.05, 0) is 31.8 Å². The molecular formula is C22H40OS. The summed E-state index contributed by atoms with van der Waals surface area (Å²) >= 11 is 1.64. The Balaban J connectivity index is 2.60. The Hall–Kier alpha value is -0.240. The van der Waals surface area contributed by atoms with Gasteiger partial charge in [-0.25, -0.2) is 0 Å². The summed E-state index contributed by atoms with van der Waals surface area (Å²) in [7, 11) is 0. The molecule has 24 heavy (non-hydrogen) atoms. The van der Waals surface area contributed by atoms with Crippen molar-refractivity contribution in [2.24, 2.45) is 0 Å². The van der Waals surface area contributed by atoms with Crippen molar-refractivity contribution in [3.8, 4) is 0 Å². The van der Waals surface area contributed by atoms with Crippen LogP contribution in [-0.4, -0.2) is 9.86 Å². The predicted molar refractivity (Wildman–Crippen MR) is 110 cm³/mol. The zero-order valence-corrected chi connectivity index (χ0v) is 17.2. The molecule has 2 heteroatoms. The Morgan fingerprint density at radius 2 is 1.38 bits per heavy atom. The lowest BCUT2D eigenvalue weighted by Crippen LogP contribution is -2.27. The van der Waals surface area contributed by atoms with Crippen molar-refractivity contribution < 1.29 is 4.79 Å². The second-order valence-corrected chi connectivity index (χ2v) is 9.29. The van der Waals surface area contributed by atoms with Crippen LogP contribution >= 0.6 is 11.8 Å². The van der Waals surface area contributed by atoms with Gasteiger partial charge in [-0.1, -0.05) is 109 Å². The fraction of sp³-hybridized carbons (Fsp3) is 0.864. The molecule has 0 aromatic heterocycles. The molecule has 0 heterocycles. The van der Waals surface area contributed by atoms with Crippen LogP contribution in [0.4, 0.5) is 0 Å². The minimum absolute atomic E-state index is 0.193. The predicted octanol–water partition coefficient (Wildman–Crippen LogP) is 7.84. The summed E-state index contributed by atoms with van der Waals surface area (Å²) in [5, 5.41) is 0.234. The maximum absolute atomic E-state index is 12.4. The molecule has 0 amide bonds. The van der Waals surface area contributed by atoms with Crippen LogP contribution in [0.3, 0.4) is 0 Å². The number of hydrogen-bond donors (Lipinski definition) is 0. The lowest BCUT2D eigenvalue weighted by molar-refractivity contribution is -0.107. The Morgan fingerprint density at radius 3 is 1.92 bits per heavy atom. The molecule has 0 aliphatic heterocycles. The van der Waals surface area contributed by atoms with Crippen LogP contribution in [0.5, 0.6) is 0 Å². The van der Waals surface area contributed by atoms with Crippen molar-refractivity contribution in [1.82, 2.24) is 0 Å². The fourth-order valence-corrected chi connectivity index (χ4v) is 5.12. The molecule has 0 aromatic rings. The Bertz CT molecular complexity index is 351. The van der Waals surface area contributed by atoms with Crippen molar-refractivity contribution in [3.05, 3.63) is 12.2 Å². The van der Waals surface area contributed by atoms with Crippen molar-refractivity contribution in [2.45, 2.75) is 121 Å². The monoisotopic (exact) mass is 352 g/mol. The van der Waals surface area contributed by atoms with Crippen molar-refractivity contribution >= 4 is 16.9 Å². The third-order valence-electron chi connectivity index (χ3n) is 5.41. The van der Waals surface area contributed by atoms with E-state index in [0.29, 0.717) is 0 Å². The lowest BCUT2D eigenvalue weighted by atomic mass is 9.87. The maximum Gasteiger partial charge on any atom is 0.214 e. The standard InChI is InChI=1S/C22H40OS/c1-4-5-6-7-11-14-17-22(24-21(23)20(2)3)18-15-12-9-8-10-13-16-19-22/h2,4-19H2,1,3H3. The normalized spacial score (nSPS) is 18.9. The molecule has 140 valence electrons. The Labute approximate surface area is 155 Å². The first-order valence-corrected chi connectivity index (χ1v) is 11.3. The largest absolute Gasteiger partial charge is 0.282 e. The summed E-state index contributed by atoms with van der Waals surface area (Å²) in [5.74, 6) is 0. The van der Waals surface area contributed by atoms with Crippen LogP contribution in [0, 0.1) is 0 Å². The highest BCUT2D eigenvalue weighted by atomic mass is 32.2. The van der Waals surface area contributed by atoms with E-state index in [1.165, 1.54) is 103 Å². The molecule has 1 rings (SSSR count). The number of hydrogen-bond acceptors (Lipinski definition) is 2. The highest BCUT2D eigenvalue weighted by Crippen LogP contribution is 2.42. The second kappa shape index (κ2) is 13.0. The van der Waals surface area contributed by atoms with Gasteiger partial charge >= 0.3 is 0 Å². The van der Waals surface area contributed by atoms with E-state index in [1.54, 1.807) is 11.8 Å². The van der Waals surface area contributed by atoms with E-state index in [2.05, 4.69) is 13.5 Å². The minimum Gasteiger partial charge on any atom is -0.282 e. The smallest absolute Gasteiger partial charge is 0.214 e. The third kappa shape index (κ3) is 9.30.